The van der Waals surface area contributed by atoms with Gasteiger partial charge in [0.2, 0.25) is 5.91 Å². The molecule has 0 radical (unpaired) electrons. The van der Waals surface area contributed by atoms with E-state index in [0.717, 1.165) is 24.0 Å². The van der Waals surface area contributed by atoms with Gasteiger partial charge in [0.15, 0.2) is 0 Å². The highest BCUT2D eigenvalue weighted by Gasteiger charge is 2.61. The number of halogens is 2. The number of pyridine rings is 2. The van der Waals surface area contributed by atoms with Gasteiger partial charge >= 0.3 is 0 Å². The lowest BCUT2D eigenvalue weighted by atomic mass is 9.92. The Hall–Kier alpha value is -3.36. The minimum Gasteiger partial charge on any atom is -0.384 e. The van der Waals surface area contributed by atoms with Gasteiger partial charge in [-0.05, 0) is 25.0 Å². The summed E-state index contributed by atoms with van der Waals surface area (Å²) >= 11 is 0. The van der Waals surface area contributed by atoms with E-state index >= 15 is 0 Å². The maximum Gasteiger partial charge on any atom is 0.272 e. The Morgan fingerprint density at radius 2 is 2.03 bits per heavy atom. The molecule has 1 fully saturated rings. The molecule has 3 heterocycles. The van der Waals surface area contributed by atoms with Crippen LogP contribution in [-0.2, 0) is 4.79 Å². The van der Waals surface area contributed by atoms with Crippen LogP contribution < -0.4 is 10.6 Å². The van der Waals surface area contributed by atoms with Crippen molar-refractivity contribution in [2.75, 3.05) is 19.4 Å². The Morgan fingerprint density at radius 1 is 1.30 bits per heavy atom. The molecule has 1 aliphatic heterocycles. The number of fused-ring (bicyclic) bond motifs is 1. The zero-order valence-corrected chi connectivity index (χ0v) is 19.1. The second-order valence-electron chi connectivity index (χ2n) is 8.82. The van der Waals surface area contributed by atoms with E-state index in [1.54, 1.807) is 14.1 Å². The molecule has 2 aliphatic rings. The molecule has 2 atom stereocenters. The average Bonchev–Trinajstić information content (AvgIpc) is 3.41. The fourth-order valence-corrected chi connectivity index (χ4v) is 3.94. The van der Waals surface area contributed by atoms with Gasteiger partial charge in [0.25, 0.3) is 11.8 Å². The molecule has 33 heavy (non-hydrogen) atoms. The third-order valence-electron chi connectivity index (χ3n) is 5.91. The summed E-state index contributed by atoms with van der Waals surface area (Å²) < 4.78 is 26.4. The van der Waals surface area contributed by atoms with Crippen molar-refractivity contribution in [2.24, 2.45) is 5.92 Å². The van der Waals surface area contributed by atoms with Gasteiger partial charge in [-0.15, -0.1) is 0 Å². The lowest BCUT2D eigenvalue weighted by molar-refractivity contribution is -0.119. The molecule has 2 aromatic heterocycles. The van der Waals surface area contributed by atoms with Crippen LogP contribution in [0, 0.1) is 5.92 Å². The van der Waals surface area contributed by atoms with Gasteiger partial charge in [-0.1, -0.05) is 19.4 Å². The minimum atomic E-state index is -2.96. The highest BCUT2D eigenvalue weighted by atomic mass is 19.3. The minimum absolute atomic E-state index is 0.121. The van der Waals surface area contributed by atoms with Gasteiger partial charge in [-0.2, -0.15) is 0 Å². The van der Waals surface area contributed by atoms with Gasteiger partial charge in [-0.3, -0.25) is 9.59 Å². The van der Waals surface area contributed by atoms with Crippen molar-refractivity contribution in [1.29, 1.82) is 0 Å². The third-order valence-corrected chi connectivity index (χ3v) is 5.91. The Labute approximate surface area is 191 Å². The van der Waals surface area contributed by atoms with Crippen molar-refractivity contribution < 1.29 is 18.4 Å². The Bertz CT molecular complexity index is 1190. The molecular weight excluding hydrogens is 428 g/mol. The summed E-state index contributed by atoms with van der Waals surface area (Å²) in [5.74, 6) is -5.20. The van der Waals surface area contributed by atoms with E-state index in [2.05, 4.69) is 33.6 Å². The SMILES string of the molecule is CCCC1C=C(C)C(c2cc3cnc(NC(=O)C4CC4(F)F)cc3nc2C(=O)N(C)C)=CN1. The summed E-state index contributed by atoms with van der Waals surface area (Å²) in [6.07, 6.45) is 7.19. The lowest BCUT2D eigenvalue weighted by Crippen LogP contribution is -2.27. The Balaban J connectivity index is 1.71. The third kappa shape index (κ3) is 4.58. The molecule has 2 amide bonds. The van der Waals surface area contributed by atoms with Crippen LogP contribution in [0.2, 0.25) is 0 Å². The molecule has 0 saturated heterocycles. The zero-order chi connectivity index (χ0) is 23.9. The quantitative estimate of drug-likeness (QED) is 0.688. The number of nitrogens with one attached hydrogen (secondary N) is 2. The molecule has 2 unspecified atom stereocenters. The molecule has 9 heteroatoms. The number of alkyl halides is 2. The average molecular weight is 456 g/mol. The van der Waals surface area contributed by atoms with Crippen molar-refractivity contribution in [3.63, 3.8) is 0 Å². The predicted molar refractivity (Wildman–Crippen MR) is 123 cm³/mol. The van der Waals surface area contributed by atoms with Crippen molar-refractivity contribution >= 4 is 34.1 Å². The van der Waals surface area contributed by atoms with Crippen molar-refractivity contribution in [3.05, 3.63) is 47.4 Å². The number of rotatable bonds is 6. The number of nitrogens with zero attached hydrogens (tertiary/aromatic N) is 3. The van der Waals surface area contributed by atoms with Crippen LogP contribution in [0.15, 0.2) is 36.2 Å². The number of carbonyl (C=O) groups excluding carboxylic acids is 2. The summed E-state index contributed by atoms with van der Waals surface area (Å²) in [6.45, 7) is 4.14. The lowest BCUT2D eigenvalue weighted by Gasteiger charge is -2.23. The molecule has 4 rings (SSSR count). The smallest absolute Gasteiger partial charge is 0.272 e. The molecule has 0 bridgehead atoms. The molecule has 0 spiro atoms. The second-order valence-corrected chi connectivity index (χ2v) is 8.82. The van der Waals surface area contributed by atoms with Gasteiger partial charge < -0.3 is 15.5 Å². The number of aromatic nitrogens is 2. The number of amides is 2. The van der Waals surface area contributed by atoms with Crippen LogP contribution in [0.1, 0.15) is 49.2 Å². The number of hydrogen-bond donors (Lipinski definition) is 2. The molecule has 2 aromatic rings. The molecule has 2 N–H and O–H groups in total. The Morgan fingerprint density at radius 3 is 2.64 bits per heavy atom. The van der Waals surface area contributed by atoms with Gasteiger partial charge in [0, 0.05) is 61.5 Å². The number of hydrogen-bond acceptors (Lipinski definition) is 5. The summed E-state index contributed by atoms with van der Waals surface area (Å²) in [5, 5.41) is 6.48. The summed E-state index contributed by atoms with van der Waals surface area (Å²) in [5.41, 5.74) is 3.29. The van der Waals surface area contributed by atoms with E-state index in [1.165, 1.54) is 17.2 Å². The molecule has 0 aromatic carbocycles. The largest absolute Gasteiger partial charge is 0.384 e. The van der Waals surface area contributed by atoms with Gasteiger partial charge in [-0.25, -0.2) is 18.7 Å². The standard InChI is InChI=1S/C24H27F2N5O2/c1-5-6-15-7-13(2)17(12-27-15)16-8-14-11-28-20(30-22(32)18-10-24(18,25)26)9-19(14)29-21(16)23(33)31(3)4/h7-9,11-12,15,18,27H,5-6,10H2,1-4H3,(H,28,30,32). The maximum absolute atomic E-state index is 13.2. The van der Waals surface area contributed by atoms with Gasteiger partial charge in [0.1, 0.15) is 17.4 Å². The number of carbonyl (C=O) groups is 2. The number of anilines is 1. The van der Waals surface area contributed by atoms with Crippen molar-refractivity contribution in [2.45, 2.75) is 45.1 Å². The molecule has 1 aliphatic carbocycles. The zero-order valence-electron chi connectivity index (χ0n) is 19.1. The first-order valence-corrected chi connectivity index (χ1v) is 11.0. The predicted octanol–water partition coefficient (Wildman–Crippen LogP) is 3.98. The van der Waals surface area contributed by atoms with Crippen molar-refractivity contribution in [1.82, 2.24) is 20.2 Å². The van der Waals surface area contributed by atoms with Gasteiger partial charge in [0.05, 0.1) is 5.52 Å². The molecule has 174 valence electrons. The summed E-state index contributed by atoms with van der Waals surface area (Å²) in [7, 11) is 3.30. The number of dihydropyridines is 1. The molecule has 1 saturated carbocycles. The van der Waals surface area contributed by atoms with E-state index in [-0.39, 0.29) is 23.5 Å². The van der Waals surface area contributed by atoms with E-state index in [9.17, 15) is 18.4 Å². The highest BCUT2D eigenvalue weighted by Crippen LogP contribution is 2.49. The van der Waals surface area contributed by atoms with Crippen LogP contribution in [0.25, 0.3) is 16.5 Å². The van der Waals surface area contributed by atoms with E-state index in [4.69, 9.17) is 0 Å². The summed E-state index contributed by atoms with van der Waals surface area (Å²) in [6, 6.07) is 3.58. The van der Waals surface area contributed by atoms with Crippen molar-refractivity contribution in [3.8, 4) is 0 Å². The Kier molecular flexibility index (Phi) is 5.90. The van der Waals surface area contributed by atoms with Crippen LogP contribution in [-0.4, -0.2) is 52.7 Å². The first kappa shape index (κ1) is 22.8. The van der Waals surface area contributed by atoms with E-state index in [0.29, 0.717) is 16.5 Å². The summed E-state index contributed by atoms with van der Waals surface area (Å²) in [4.78, 5) is 35.2. The van der Waals surface area contributed by atoms with Crippen LogP contribution in [0.5, 0.6) is 0 Å². The monoisotopic (exact) mass is 455 g/mol. The van der Waals surface area contributed by atoms with E-state index in [1.807, 2.05) is 19.2 Å². The topological polar surface area (TPSA) is 87.2 Å². The maximum atomic E-state index is 13.2. The molecular formula is C24H27F2N5O2. The molecule has 7 nitrogen and oxygen atoms in total. The first-order chi connectivity index (χ1) is 15.6. The van der Waals surface area contributed by atoms with Crippen LogP contribution in [0.3, 0.4) is 0 Å². The first-order valence-electron chi connectivity index (χ1n) is 11.0. The van der Waals surface area contributed by atoms with Crippen LogP contribution in [0.4, 0.5) is 14.6 Å². The normalized spacial score (nSPS) is 21.0. The number of allylic oxidation sites excluding steroid dienone is 2. The second kappa shape index (κ2) is 8.53. The highest BCUT2D eigenvalue weighted by molar-refractivity contribution is 6.02. The fraction of sp³-hybridized carbons (Fsp3) is 0.417. The van der Waals surface area contributed by atoms with Crippen LogP contribution >= 0.6 is 0 Å². The van der Waals surface area contributed by atoms with E-state index < -0.39 is 24.2 Å². The fourth-order valence-electron chi connectivity index (χ4n) is 3.94.